The Labute approximate surface area is 121 Å². The van der Waals surface area contributed by atoms with Crippen molar-refractivity contribution >= 4 is 22.3 Å². The molecule has 2 aromatic rings. The lowest BCUT2D eigenvalue weighted by Crippen LogP contribution is -2.23. The highest BCUT2D eigenvalue weighted by Gasteiger charge is 2.22. The van der Waals surface area contributed by atoms with E-state index in [1.807, 2.05) is 6.20 Å². The first kappa shape index (κ1) is 13.2. The van der Waals surface area contributed by atoms with Crippen LogP contribution in [0.25, 0.3) is 10.8 Å². The van der Waals surface area contributed by atoms with Crippen LogP contribution in [0.3, 0.4) is 0 Å². The predicted molar refractivity (Wildman–Crippen MR) is 86.7 cm³/mol. The fraction of sp³-hybridized carbons (Fsp3) is 0.471. The molecule has 3 rings (SSSR count). The third-order valence-corrected chi connectivity index (χ3v) is 4.02. The van der Waals surface area contributed by atoms with Crippen LogP contribution in [0.4, 0.5) is 11.5 Å². The van der Waals surface area contributed by atoms with Crippen LogP contribution in [-0.2, 0) is 0 Å². The standard InChI is InChI=1S/C17H23N3/c1-4-20(5-2)17-15-10-12(3)6-9-14(15)16(11-18-17)19-13-7-8-13/h6,9-11,13,19H,4-5,7-8H2,1-3H3. The number of anilines is 2. The summed E-state index contributed by atoms with van der Waals surface area (Å²) < 4.78 is 0. The van der Waals surface area contributed by atoms with E-state index in [-0.39, 0.29) is 0 Å². The van der Waals surface area contributed by atoms with Crippen molar-refractivity contribution in [2.75, 3.05) is 23.3 Å². The summed E-state index contributed by atoms with van der Waals surface area (Å²) in [4.78, 5) is 7.06. The van der Waals surface area contributed by atoms with E-state index in [1.54, 1.807) is 0 Å². The van der Waals surface area contributed by atoms with Crippen LogP contribution in [-0.4, -0.2) is 24.1 Å². The smallest absolute Gasteiger partial charge is 0.136 e. The maximum Gasteiger partial charge on any atom is 0.136 e. The van der Waals surface area contributed by atoms with E-state index in [4.69, 9.17) is 4.98 Å². The minimum Gasteiger partial charge on any atom is -0.381 e. The van der Waals surface area contributed by atoms with Gasteiger partial charge in [-0.15, -0.1) is 0 Å². The summed E-state index contributed by atoms with van der Waals surface area (Å²) in [6, 6.07) is 7.32. The summed E-state index contributed by atoms with van der Waals surface area (Å²) in [5.74, 6) is 1.11. The molecule has 3 heteroatoms. The second kappa shape index (κ2) is 5.31. The van der Waals surface area contributed by atoms with Gasteiger partial charge in [0.2, 0.25) is 0 Å². The fourth-order valence-corrected chi connectivity index (χ4v) is 2.68. The van der Waals surface area contributed by atoms with Gasteiger partial charge in [-0.1, -0.05) is 17.7 Å². The molecule has 0 amide bonds. The number of fused-ring (bicyclic) bond motifs is 1. The maximum absolute atomic E-state index is 4.73. The molecular formula is C17H23N3. The van der Waals surface area contributed by atoms with Gasteiger partial charge >= 0.3 is 0 Å². The Balaban J connectivity index is 2.13. The lowest BCUT2D eigenvalue weighted by Gasteiger charge is -2.23. The van der Waals surface area contributed by atoms with Gasteiger partial charge in [-0.25, -0.2) is 4.98 Å². The predicted octanol–water partition coefficient (Wildman–Crippen LogP) is 3.96. The van der Waals surface area contributed by atoms with Crippen molar-refractivity contribution in [2.45, 2.75) is 39.7 Å². The van der Waals surface area contributed by atoms with Crippen molar-refractivity contribution < 1.29 is 0 Å². The van der Waals surface area contributed by atoms with Crippen LogP contribution in [0.1, 0.15) is 32.3 Å². The van der Waals surface area contributed by atoms with Crippen molar-refractivity contribution in [1.82, 2.24) is 4.98 Å². The van der Waals surface area contributed by atoms with E-state index in [0.717, 1.165) is 18.9 Å². The molecular weight excluding hydrogens is 246 g/mol. The average molecular weight is 269 g/mol. The molecule has 0 saturated heterocycles. The van der Waals surface area contributed by atoms with Crippen LogP contribution in [0.2, 0.25) is 0 Å². The first-order valence-corrected chi connectivity index (χ1v) is 7.63. The van der Waals surface area contributed by atoms with Gasteiger partial charge in [0.15, 0.2) is 0 Å². The van der Waals surface area contributed by atoms with Gasteiger partial charge in [-0.2, -0.15) is 0 Å². The highest BCUT2D eigenvalue weighted by atomic mass is 15.2. The van der Waals surface area contributed by atoms with Crippen molar-refractivity contribution in [2.24, 2.45) is 0 Å². The SMILES string of the molecule is CCN(CC)c1ncc(NC2CC2)c2ccc(C)cc12. The maximum atomic E-state index is 4.73. The molecule has 20 heavy (non-hydrogen) atoms. The van der Waals surface area contributed by atoms with Gasteiger partial charge in [-0.3, -0.25) is 0 Å². The second-order valence-corrected chi connectivity index (χ2v) is 5.64. The molecule has 106 valence electrons. The van der Waals surface area contributed by atoms with Crippen LogP contribution < -0.4 is 10.2 Å². The molecule has 0 radical (unpaired) electrons. The molecule has 1 N–H and O–H groups in total. The summed E-state index contributed by atoms with van der Waals surface area (Å²) in [7, 11) is 0. The highest BCUT2D eigenvalue weighted by molar-refractivity contribution is 6.00. The summed E-state index contributed by atoms with van der Waals surface area (Å²) in [5, 5.41) is 6.15. The van der Waals surface area contributed by atoms with E-state index >= 15 is 0 Å². The van der Waals surface area contributed by atoms with Crippen LogP contribution >= 0.6 is 0 Å². The average Bonchev–Trinajstić information content (AvgIpc) is 3.26. The number of rotatable bonds is 5. The van der Waals surface area contributed by atoms with E-state index in [9.17, 15) is 0 Å². The fourth-order valence-electron chi connectivity index (χ4n) is 2.68. The Morgan fingerprint density at radius 3 is 2.60 bits per heavy atom. The van der Waals surface area contributed by atoms with Gasteiger partial charge < -0.3 is 10.2 Å². The lowest BCUT2D eigenvalue weighted by atomic mass is 10.1. The number of benzene rings is 1. The molecule has 0 atom stereocenters. The Bertz CT molecular complexity index is 613. The molecule has 0 unspecified atom stereocenters. The molecule has 0 spiro atoms. The van der Waals surface area contributed by atoms with Crippen molar-refractivity contribution in [3.05, 3.63) is 30.0 Å². The van der Waals surface area contributed by atoms with E-state index in [0.29, 0.717) is 6.04 Å². The topological polar surface area (TPSA) is 28.2 Å². The van der Waals surface area contributed by atoms with Crippen molar-refractivity contribution in [3.63, 3.8) is 0 Å². The third-order valence-electron chi connectivity index (χ3n) is 4.02. The Morgan fingerprint density at radius 1 is 1.20 bits per heavy atom. The minimum absolute atomic E-state index is 0.653. The van der Waals surface area contributed by atoms with Gasteiger partial charge in [0, 0.05) is 29.9 Å². The zero-order valence-electron chi connectivity index (χ0n) is 12.6. The number of aromatic nitrogens is 1. The van der Waals surface area contributed by atoms with Crippen molar-refractivity contribution in [1.29, 1.82) is 0 Å². The molecule has 1 aliphatic carbocycles. The third kappa shape index (κ3) is 2.45. The molecule has 1 aromatic carbocycles. The molecule has 1 fully saturated rings. The number of pyridine rings is 1. The first-order chi connectivity index (χ1) is 9.72. The lowest BCUT2D eigenvalue weighted by molar-refractivity contribution is 0.851. The zero-order valence-corrected chi connectivity index (χ0v) is 12.6. The Morgan fingerprint density at radius 2 is 1.95 bits per heavy atom. The largest absolute Gasteiger partial charge is 0.381 e. The van der Waals surface area contributed by atoms with Crippen molar-refractivity contribution in [3.8, 4) is 0 Å². The van der Waals surface area contributed by atoms with E-state index in [1.165, 1.54) is 34.9 Å². The quantitative estimate of drug-likeness (QED) is 0.890. The first-order valence-electron chi connectivity index (χ1n) is 7.63. The normalized spacial score (nSPS) is 14.6. The summed E-state index contributed by atoms with van der Waals surface area (Å²) in [5.41, 5.74) is 2.47. The Hall–Kier alpha value is -1.77. The number of hydrogen-bond acceptors (Lipinski definition) is 3. The Kier molecular flexibility index (Phi) is 3.51. The van der Waals surface area contributed by atoms with Gasteiger partial charge in [0.05, 0.1) is 11.9 Å². The number of nitrogens with one attached hydrogen (secondary N) is 1. The summed E-state index contributed by atoms with van der Waals surface area (Å²) in [6.07, 6.45) is 4.57. The number of hydrogen-bond donors (Lipinski definition) is 1. The molecule has 1 aromatic heterocycles. The zero-order chi connectivity index (χ0) is 14.1. The van der Waals surface area contributed by atoms with Gasteiger partial charge in [-0.05, 0) is 39.7 Å². The van der Waals surface area contributed by atoms with Crippen LogP contribution in [0.15, 0.2) is 24.4 Å². The number of nitrogens with zero attached hydrogens (tertiary/aromatic N) is 2. The minimum atomic E-state index is 0.653. The van der Waals surface area contributed by atoms with Crippen LogP contribution in [0.5, 0.6) is 0 Å². The van der Waals surface area contributed by atoms with Gasteiger partial charge in [0.25, 0.3) is 0 Å². The summed E-state index contributed by atoms with van der Waals surface area (Å²) in [6.45, 7) is 8.49. The molecule has 3 nitrogen and oxygen atoms in total. The molecule has 1 heterocycles. The highest BCUT2D eigenvalue weighted by Crippen LogP contribution is 2.33. The number of aryl methyl sites for hydroxylation is 1. The second-order valence-electron chi connectivity index (χ2n) is 5.64. The van der Waals surface area contributed by atoms with Gasteiger partial charge in [0.1, 0.15) is 5.82 Å². The molecule has 1 aliphatic rings. The molecule has 0 bridgehead atoms. The molecule has 1 saturated carbocycles. The molecule has 0 aliphatic heterocycles. The van der Waals surface area contributed by atoms with Crippen LogP contribution in [0, 0.1) is 6.92 Å². The van der Waals surface area contributed by atoms with E-state index < -0.39 is 0 Å². The summed E-state index contributed by atoms with van der Waals surface area (Å²) >= 11 is 0. The monoisotopic (exact) mass is 269 g/mol. The van der Waals surface area contributed by atoms with E-state index in [2.05, 4.69) is 49.2 Å².